The zero-order valence-electron chi connectivity index (χ0n) is 15.8. The van der Waals surface area contributed by atoms with Gasteiger partial charge in [-0.1, -0.05) is 42.5 Å². The second kappa shape index (κ2) is 7.83. The molecule has 2 aromatic carbocycles. The summed E-state index contributed by atoms with van der Waals surface area (Å²) in [6, 6.07) is 19.8. The number of fused-ring (bicyclic) bond motifs is 2. The second-order valence-corrected chi connectivity index (χ2v) is 8.19. The summed E-state index contributed by atoms with van der Waals surface area (Å²) >= 11 is 0. The smallest absolute Gasteiger partial charge is 0.248 e. The molecule has 2 heterocycles. The fourth-order valence-corrected chi connectivity index (χ4v) is 5.04. The third-order valence-corrected chi connectivity index (χ3v) is 6.31. The molecule has 2 fully saturated rings. The first-order valence-electron chi connectivity index (χ1n) is 10.0. The van der Waals surface area contributed by atoms with Crippen molar-refractivity contribution in [2.75, 3.05) is 6.54 Å². The van der Waals surface area contributed by atoms with Crippen molar-refractivity contribution in [3.8, 4) is 0 Å². The Bertz CT molecular complexity index is 777. The topological polar surface area (TPSA) is 72.4 Å². The van der Waals surface area contributed by atoms with Crippen molar-refractivity contribution in [1.82, 2.24) is 4.90 Å². The minimum absolute atomic E-state index is 0.172. The molecule has 2 aromatic rings. The highest BCUT2D eigenvalue weighted by Crippen LogP contribution is 2.43. The van der Waals surface area contributed by atoms with Crippen molar-refractivity contribution in [2.24, 2.45) is 11.5 Å². The van der Waals surface area contributed by atoms with Crippen LogP contribution < -0.4 is 11.5 Å². The minimum Gasteiger partial charge on any atom is -0.366 e. The van der Waals surface area contributed by atoms with Crippen molar-refractivity contribution in [1.29, 1.82) is 0 Å². The van der Waals surface area contributed by atoms with Crippen LogP contribution in [0.2, 0.25) is 0 Å². The van der Waals surface area contributed by atoms with Gasteiger partial charge in [-0.25, -0.2) is 0 Å². The number of benzene rings is 2. The van der Waals surface area contributed by atoms with Crippen molar-refractivity contribution < 1.29 is 4.79 Å². The zero-order valence-corrected chi connectivity index (χ0v) is 15.8. The van der Waals surface area contributed by atoms with Gasteiger partial charge in [-0.05, 0) is 61.3 Å². The van der Waals surface area contributed by atoms with Crippen LogP contribution in [0.3, 0.4) is 0 Å². The fraction of sp³-hybridized carbons (Fsp3) is 0.435. The molecule has 1 amide bonds. The third kappa shape index (κ3) is 4.07. The molecule has 142 valence electrons. The molecule has 2 aliphatic heterocycles. The SMILES string of the molecule is NC(=O)c1cccc([C@H]2C[C@H]3CC[C@@H](C2)N3CC(N)Cc2ccccc2)c1. The molecule has 0 radical (unpaired) electrons. The van der Waals surface area contributed by atoms with Crippen LogP contribution in [0.25, 0.3) is 0 Å². The van der Waals surface area contributed by atoms with E-state index in [9.17, 15) is 4.79 Å². The number of piperidine rings is 1. The Morgan fingerprint density at radius 3 is 2.41 bits per heavy atom. The molecule has 0 spiro atoms. The summed E-state index contributed by atoms with van der Waals surface area (Å²) in [6.07, 6.45) is 5.75. The molecule has 0 aliphatic carbocycles. The standard InChI is InChI=1S/C23H29N3O/c24-20(11-16-5-2-1-3-6-16)15-26-21-9-10-22(26)14-19(13-21)17-7-4-8-18(12-17)23(25)27/h1-8,12,19-22H,9-11,13-15,24H2,(H2,25,27)/t19-,20?,21+,22-. The number of carbonyl (C=O) groups is 1. The van der Waals surface area contributed by atoms with E-state index in [4.69, 9.17) is 11.5 Å². The van der Waals surface area contributed by atoms with Gasteiger partial charge in [0.25, 0.3) is 0 Å². The predicted molar refractivity (Wildman–Crippen MR) is 109 cm³/mol. The molecule has 2 aliphatic rings. The van der Waals surface area contributed by atoms with Gasteiger partial charge in [-0.2, -0.15) is 0 Å². The highest BCUT2D eigenvalue weighted by atomic mass is 16.1. The fourth-order valence-electron chi connectivity index (χ4n) is 5.04. The lowest BCUT2D eigenvalue weighted by Gasteiger charge is -2.40. The van der Waals surface area contributed by atoms with Gasteiger partial charge in [-0.15, -0.1) is 0 Å². The van der Waals surface area contributed by atoms with Crippen LogP contribution in [-0.2, 0) is 6.42 Å². The molecule has 0 saturated carbocycles. The van der Waals surface area contributed by atoms with E-state index in [-0.39, 0.29) is 11.9 Å². The molecule has 0 aromatic heterocycles. The summed E-state index contributed by atoms with van der Waals surface area (Å²) in [5, 5.41) is 0. The largest absolute Gasteiger partial charge is 0.366 e. The Labute approximate surface area is 161 Å². The van der Waals surface area contributed by atoms with E-state index in [2.05, 4.69) is 35.2 Å². The van der Waals surface area contributed by atoms with Crippen LogP contribution in [0, 0.1) is 0 Å². The molecule has 4 N–H and O–H groups in total. The number of nitrogens with zero attached hydrogens (tertiary/aromatic N) is 1. The molecule has 27 heavy (non-hydrogen) atoms. The summed E-state index contributed by atoms with van der Waals surface area (Å²) in [4.78, 5) is 14.2. The first kappa shape index (κ1) is 18.2. The van der Waals surface area contributed by atoms with Crippen molar-refractivity contribution in [3.63, 3.8) is 0 Å². The van der Waals surface area contributed by atoms with Crippen LogP contribution in [0.5, 0.6) is 0 Å². The molecule has 4 atom stereocenters. The van der Waals surface area contributed by atoms with Gasteiger partial charge in [0.2, 0.25) is 5.91 Å². The average Bonchev–Trinajstić information content (AvgIpc) is 2.90. The Morgan fingerprint density at radius 2 is 1.74 bits per heavy atom. The quantitative estimate of drug-likeness (QED) is 0.828. The lowest BCUT2D eigenvalue weighted by Crippen LogP contribution is -2.48. The van der Waals surface area contributed by atoms with E-state index in [0.29, 0.717) is 23.6 Å². The summed E-state index contributed by atoms with van der Waals surface area (Å²) in [6.45, 7) is 0.971. The van der Waals surface area contributed by atoms with E-state index in [1.165, 1.54) is 24.0 Å². The van der Waals surface area contributed by atoms with Crippen LogP contribution >= 0.6 is 0 Å². The zero-order chi connectivity index (χ0) is 18.8. The molecule has 4 rings (SSSR count). The number of amides is 1. The number of carbonyl (C=O) groups excluding carboxylic acids is 1. The maximum atomic E-state index is 11.5. The number of rotatable bonds is 6. The molecule has 4 heteroatoms. The molecule has 2 bridgehead atoms. The van der Waals surface area contributed by atoms with E-state index < -0.39 is 0 Å². The Morgan fingerprint density at radius 1 is 1.04 bits per heavy atom. The first-order valence-corrected chi connectivity index (χ1v) is 10.0. The highest BCUT2D eigenvalue weighted by molar-refractivity contribution is 5.92. The van der Waals surface area contributed by atoms with Gasteiger partial charge in [-0.3, -0.25) is 9.69 Å². The van der Waals surface area contributed by atoms with Crippen molar-refractivity contribution in [3.05, 3.63) is 71.3 Å². The normalized spacial score (nSPS) is 26.0. The molecular formula is C23H29N3O. The second-order valence-electron chi connectivity index (χ2n) is 8.19. The molecule has 4 nitrogen and oxygen atoms in total. The van der Waals surface area contributed by atoms with E-state index >= 15 is 0 Å². The lowest BCUT2D eigenvalue weighted by molar-refractivity contribution is 0.1000. The van der Waals surface area contributed by atoms with Gasteiger partial charge >= 0.3 is 0 Å². The van der Waals surface area contributed by atoms with Crippen LogP contribution in [0.15, 0.2) is 54.6 Å². The number of hydrogen-bond donors (Lipinski definition) is 2. The minimum atomic E-state index is -0.343. The lowest BCUT2D eigenvalue weighted by atomic mass is 9.84. The van der Waals surface area contributed by atoms with Crippen LogP contribution in [0.1, 0.15) is 53.1 Å². The summed E-state index contributed by atoms with van der Waals surface area (Å²) < 4.78 is 0. The van der Waals surface area contributed by atoms with Crippen molar-refractivity contribution in [2.45, 2.75) is 56.1 Å². The van der Waals surface area contributed by atoms with E-state index in [1.54, 1.807) is 6.07 Å². The monoisotopic (exact) mass is 363 g/mol. The van der Waals surface area contributed by atoms with Crippen LogP contribution in [0.4, 0.5) is 0 Å². The van der Waals surface area contributed by atoms with Gasteiger partial charge in [0.15, 0.2) is 0 Å². The van der Waals surface area contributed by atoms with E-state index in [0.717, 1.165) is 25.8 Å². The summed E-state index contributed by atoms with van der Waals surface area (Å²) in [7, 11) is 0. The Hall–Kier alpha value is -2.17. The molecule has 1 unspecified atom stereocenters. The first-order chi connectivity index (χ1) is 13.1. The van der Waals surface area contributed by atoms with Crippen molar-refractivity contribution >= 4 is 5.91 Å². The molecule has 2 saturated heterocycles. The maximum absolute atomic E-state index is 11.5. The van der Waals surface area contributed by atoms with Crippen LogP contribution in [-0.4, -0.2) is 35.5 Å². The molecular weight excluding hydrogens is 334 g/mol. The highest BCUT2D eigenvalue weighted by Gasteiger charge is 2.41. The predicted octanol–water partition coefficient (Wildman–Crippen LogP) is 3.07. The Kier molecular flexibility index (Phi) is 5.28. The summed E-state index contributed by atoms with van der Waals surface area (Å²) in [5.74, 6) is 0.174. The number of primary amides is 1. The Balaban J connectivity index is 1.40. The average molecular weight is 364 g/mol. The maximum Gasteiger partial charge on any atom is 0.248 e. The summed E-state index contributed by atoms with van der Waals surface area (Å²) in [5.41, 5.74) is 15.1. The van der Waals surface area contributed by atoms with Gasteiger partial charge < -0.3 is 11.5 Å². The van der Waals surface area contributed by atoms with Gasteiger partial charge in [0.05, 0.1) is 0 Å². The third-order valence-electron chi connectivity index (χ3n) is 6.31. The number of hydrogen-bond acceptors (Lipinski definition) is 3. The van der Waals surface area contributed by atoms with Gasteiger partial charge in [0.1, 0.15) is 0 Å². The van der Waals surface area contributed by atoms with Gasteiger partial charge in [0, 0.05) is 30.2 Å². The van der Waals surface area contributed by atoms with E-state index in [1.807, 2.05) is 18.2 Å². The number of nitrogens with two attached hydrogens (primary N) is 2.